The van der Waals surface area contributed by atoms with Gasteiger partial charge in [0.15, 0.2) is 17.6 Å². The highest BCUT2D eigenvalue weighted by atomic mass is 16.7. The molecule has 0 radical (unpaired) electrons. The predicted molar refractivity (Wildman–Crippen MR) is 88.1 cm³/mol. The van der Waals surface area contributed by atoms with Crippen molar-refractivity contribution in [2.45, 2.75) is 19.6 Å². The zero-order valence-electron chi connectivity index (χ0n) is 13.7. The number of hydrogen-bond acceptors (Lipinski definition) is 7. The van der Waals surface area contributed by atoms with E-state index in [9.17, 15) is 19.2 Å². The summed E-state index contributed by atoms with van der Waals surface area (Å²) in [6.45, 7) is 1.08. The van der Waals surface area contributed by atoms with Crippen molar-refractivity contribution in [2.75, 3.05) is 12.1 Å². The van der Waals surface area contributed by atoms with Gasteiger partial charge in [0.25, 0.3) is 11.5 Å². The van der Waals surface area contributed by atoms with Crippen LogP contribution in [0.5, 0.6) is 11.5 Å². The van der Waals surface area contributed by atoms with Gasteiger partial charge in [0.2, 0.25) is 6.79 Å². The third-order valence-electron chi connectivity index (χ3n) is 3.51. The molecule has 0 bridgehead atoms. The molecule has 136 valence electrons. The van der Waals surface area contributed by atoms with Crippen LogP contribution in [0.3, 0.4) is 0 Å². The molecule has 0 saturated heterocycles. The van der Waals surface area contributed by atoms with Crippen LogP contribution in [-0.4, -0.2) is 34.3 Å². The summed E-state index contributed by atoms with van der Waals surface area (Å²) in [7, 11) is 0. The first kappa shape index (κ1) is 17.3. The molecule has 0 unspecified atom stereocenters. The van der Waals surface area contributed by atoms with Gasteiger partial charge in [-0.1, -0.05) is 0 Å². The van der Waals surface area contributed by atoms with E-state index in [4.69, 9.17) is 14.2 Å². The molecule has 0 fully saturated rings. The molecular weight excluding hydrogens is 346 g/mol. The molecule has 1 aromatic carbocycles. The van der Waals surface area contributed by atoms with E-state index in [-0.39, 0.29) is 6.79 Å². The zero-order chi connectivity index (χ0) is 18.7. The Hall–Kier alpha value is -3.56. The van der Waals surface area contributed by atoms with Crippen molar-refractivity contribution < 1.29 is 23.8 Å². The van der Waals surface area contributed by atoms with Crippen molar-refractivity contribution in [1.29, 1.82) is 0 Å². The molecule has 10 heteroatoms. The maximum atomic E-state index is 12.1. The quantitative estimate of drug-likeness (QED) is 0.708. The average Bonchev–Trinajstić information content (AvgIpc) is 3.05. The summed E-state index contributed by atoms with van der Waals surface area (Å²) in [5.74, 6) is -0.266. The Kier molecular flexibility index (Phi) is 4.74. The van der Waals surface area contributed by atoms with Crippen LogP contribution in [0.1, 0.15) is 6.92 Å². The molecule has 2 heterocycles. The second-order valence-electron chi connectivity index (χ2n) is 5.43. The third-order valence-corrected chi connectivity index (χ3v) is 3.51. The van der Waals surface area contributed by atoms with Crippen molar-refractivity contribution in [3.8, 4) is 11.5 Å². The molecule has 1 amide bonds. The lowest BCUT2D eigenvalue weighted by molar-refractivity contribution is -0.153. The van der Waals surface area contributed by atoms with E-state index in [1.54, 1.807) is 18.2 Å². The summed E-state index contributed by atoms with van der Waals surface area (Å²) >= 11 is 0. The Bertz CT molecular complexity index is 963. The van der Waals surface area contributed by atoms with E-state index < -0.39 is 35.8 Å². The highest BCUT2D eigenvalue weighted by Crippen LogP contribution is 2.34. The number of aromatic nitrogens is 2. The van der Waals surface area contributed by atoms with E-state index in [0.29, 0.717) is 17.2 Å². The van der Waals surface area contributed by atoms with Gasteiger partial charge in [-0.15, -0.1) is 0 Å². The summed E-state index contributed by atoms with van der Waals surface area (Å²) in [5.41, 5.74) is -0.859. The first-order valence-corrected chi connectivity index (χ1v) is 7.62. The fraction of sp³-hybridized carbons (Fsp3) is 0.250. The molecule has 2 aromatic rings. The normalized spacial score (nSPS) is 13.1. The molecule has 26 heavy (non-hydrogen) atoms. The standard InChI is InChI=1S/C16H15N3O7/c1-9(26-14(21)7-19-5-4-13(20)18-16(19)23)15(22)17-10-2-3-11-12(6-10)25-8-24-11/h2-6,9H,7-8H2,1H3,(H,17,22)(H,18,20,23)/t9-/m0/s1. The third kappa shape index (κ3) is 3.91. The summed E-state index contributed by atoms with van der Waals surface area (Å²) in [5, 5.41) is 2.59. The highest BCUT2D eigenvalue weighted by Gasteiger charge is 2.20. The molecule has 1 aromatic heterocycles. The first-order valence-electron chi connectivity index (χ1n) is 7.62. The number of benzene rings is 1. The molecule has 1 atom stereocenters. The van der Waals surface area contributed by atoms with E-state index in [2.05, 4.69) is 5.32 Å². The van der Waals surface area contributed by atoms with Crippen LogP contribution in [0.2, 0.25) is 0 Å². The van der Waals surface area contributed by atoms with E-state index in [0.717, 1.165) is 10.6 Å². The number of carbonyl (C=O) groups excluding carboxylic acids is 2. The Morgan fingerprint density at radius 3 is 2.81 bits per heavy atom. The summed E-state index contributed by atoms with van der Waals surface area (Å²) in [4.78, 5) is 48.5. The van der Waals surface area contributed by atoms with Crippen molar-refractivity contribution in [3.05, 3.63) is 51.3 Å². The Morgan fingerprint density at radius 2 is 2.04 bits per heavy atom. The molecule has 0 spiro atoms. The minimum absolute atomic E-state index is 0.116. The molecule has 1 aliphatic heterocycles. The van der Waals surface area contributed by atoms with Crippen molar-refractivity contribution in [2.24, 2.45) is 0 Å². The van der Waals surface area contributed by atoms with Crippen molar-refractivity contribution in [3.63, 3.8) is 0 Å². The number of anilines is 1. The number of fused-ring (bicyclic) bond motifs is 1. The maximum absolute atomic E-state index is 12.1. The number of rotatable bonds is 5. The Labute approximate surface area is 146 Å². The Morgan fingerprint density at radius 1 is 1.27 bits per heavy atom. The van der Waals surface area contributed by atoms with Gasteiger partial charge in [0, 0.05) is 24.0 Å². The monoisotopic (exact) mass is 361 g/mol. The van der Waals surface area contributed by atoms with Crippen LogP contribution in [-0.2, 0) is 20.9 Å². The van der Waals surface area contributed by atoms with Crippen LogP contribution in [0.4, 0.5) is 5.69 Å². The van der Waals surface area contributed by atoms with Gasteiger partial charge in [-0.05, 0) is 19.1 Å². The average molecular weight is 361 g/mol. The largest absolute Gasteiger partial charge is 0.454 e. The maximum Gasteiger partial charge on any atom is 0.328 e. The second kappa shape index (κ2) is 7.13. The summed E-state index contributed by atoms with van der Waals surface area (Å²) < 4.78 is 16.4. The Balaban J connectivity index is 1.57. The van der Waals surface area contributed by atoms with E-state index in [1.807, 2.05) is 4.98 Å². The zero-order valence-corrected chi connectivity index (χ0v) is 13.7. The number of nitrogens with zero attached hydrogens (tertiary/aromatic N) is 1. The van der Waals surface area contributed by atoms with Gasteiger partial charge in [-0.2, -0.15) is 0 Å². The van der Waals surface area contributed by atoms with Crippen molar-refractivity contribution in [1.82, 2.24) is 9.55 Å². The van der Waals surface area contributed by atoms with Crippen LogP contribution >= 0.6 is 0 Å². The van der Waals surface area contributed by atoms with Crippen LogP contribution in [0, 0.1) is 0 Å². The highest BCUT2D eigenvalue weighted by molar-refractivity contribution is 5.95. The first-order chi connectivity index (χ1) is 12.4. The number of aromatic amines is 1. The van der Waals surface area contributed by atoms with Gasteiger partial charge in [-0.3, -0.25) is 23.9 Å². The van der Waals surface area contributed by atoms with Gasteiger partial charge in [-0.25, -0.2) is 4.79 Å². The molecule has 1 aliphatic rings. The molecular formula is C16H15N3O7. The van der Waals surface area contributed by atoms with Gasteiger partial charge in [0.1, 0.15) is 6.54 Å². The molecule has 3 rings (SSSR count). The molecule has 2 N–H and O–H groups in total. The SMILES string of the molecule is C[C@H](OC(=O)Cn1ccc(=O)[nH]c1=O)C(=O)Nc1ccc2c(c1)OCO2. The van der Waals surface area contributed by atoms with Gasteiger partial charge >= 0.3 is 11.7 Å². The molecule has 0 saturated carbocycles. The van der Waals surface area contributed by atoms with E-state index in [1.165, 1.54) is 13.1 Å². The van der Waals surface area contributed by atoms with Gasteiger partial charge in [0.05, 0.1) is 0 Å². The summed E-state index contributed by atoms with van der Waals surface area (Å²) in [6, 6.07) is 5.97. The molecule has 0 aliphatic carbocycles. The minimum Gasteiger partial charge on any atom is -0.454 e. The number of ether oxygens (including phenoxy) is 3. The second-order valence-corrected chi connectivity index (χ2v) is 5.43. The number of H-pyrrole nitrogens is 1. The number of esters is 1. The lowest BCUT2D eigenvalue weighted by atomic mass is 10.2. The number of carbonyl (C=O) groups is 2. The lowest BCUT2D eigenvalue weighted by Crippen LogP contribution is -2.34. The number of amides is 1. The smallest absolute Gasteiger partial charge is 0.328 e. The minimum atomic E-state index is -1.09. The summed E-state index contributed by atoms with van der Waals surface area (Å²) in [6.07, 6.45) is 0.0751. The predicted octanol–water partition coefficient (Wildman–Crippen LogP) is -0.164. The van der Waals surface area contributed by atoms with Crippen LogP contribution < -0.4 is 26.0 Å². The molecule has 10 nitrogen and oxygen atoms in total. The lowest BCUT2D eigenvalue weighted by Gasteiger charge is -2.14. The number of hydrogen-bond donors (Lipinski definition) is 2. The topological polar surface area (TPSA) is 129 Å². The van der Waals surface area contributed by atoms with Crippen LogP contribution in [0.15, 0.2) is 40.1 Å². The van der Waals surface area contributed by atoms with E-state index >= 15 is 0 Å². The van der Waals surface area contributed by atoms with Crippen LogP contribution in [0.25, 0.3) is 0 Å². The number of nitrogens with one attached hydrogen (secondary N) is 2. The fourth-order valence-corrected chi connectivity index (χ4v) is 2.21. The fourth-order valence-electron chi connectivity index (χ4n) is 2.21. The van der Waals surface area contributed by atoms with Crippen molar-refractivity contribution >= 4 is 17.6 Å². The van der Waals surface area contributed by atoms with Gasteiger partial charge < -0.3 is 19.5 Å².